The largest absolute Gasteiger partial charge is 0.489 e. The van der Waals surface area contributed by atoms with Crippen molar-refractivity contribution in [3.63, 3.8) is 0 Å². The van der Waals surface area contributed by atoms with Crippen molar-refractivity contribution in [3.8, 4) is 11.5 Å². The Balaban J connectivity index is 2.56. The highest BCUT2D eigenvalue weighted by atomic mass is 79.9. The molecule has 0 radical (unpaired) electrons. The fourth-order valence-corrected chi connectivity index (χ4v) is 3.08. The van der Waals surface area contributed by atoms with Crippen LogP contribution in [0.15, 0.2) is 10.5 Å². The van der Waals surface area contributed by atoms with Crippen molar-refractivity contribution in [2.75, 3.05) is 13.2 Å². The maximum atomic E-state index is 5.96. The molecule has 0 amide bonds. The van der Waals surface area contributed by atoms with Gasteiger partial charge >= 0.3 is 0 Å². The molecule has 1 aliphatic rings. The van der Waals surface area contributed by atoms with E-state index in [0.29, 0.717) is 19.1 Å². The number of fused-ring (bicyclic) bond motifs is 1. The predicted octanol–water partition coefficient (Wildman–Crippen LogP) is 3.62. The van der Waals surface area contributed by atoms with Gasteiger partial charge in [-0.1, -0.05) is 13.8 Å². The number of nitrogens with two attached hydrogens (primary N) is 1. The summed E-state index contributed by atoms with van der Waals surface area (Å²) in [4.78, 5) is 0. The molecule has 1 heterocycles. The molecule has 3 nitrogen and oxygen atoms in total. The standard InChI is InChI=1S/C15H22BrNO2/c1-9(2)13-11(7-10(3)17)8-12(16)14-15(13)19-6-4-5-18-14/h8-10H,4-7,17H2,1-3H3. The number of rotatable bonds is 3. The predicted molar refractivity (Wildman–Crippen MR) is 81.2 cm³/mol. The fourth-order valence-electron chi connectivity index (χ4n) is 2.51. The summed E-state index contributed by atoms with van der Waals surface area (Å²) in [6.45, 7) is 7.81. The second-order valence-electron chi connectivity index (χ2n) is 5.48. The molecule has 0 saturated carbocycles. The maximum absolute atomic E-state index is 5.96. The topological polar surface area (TPSA) is 44.5 Å². The van der Waals surface area contributed by atoms with Gasteiger partial charge in [0.25, 0.3) is 0 Å². The summed E-state index contributed by atoms with van der Waals surface area (Å²) in [7, 11) is 0. The molecule has 1 aliphatic heterocycles. The second-order valence-corrected chi connectivity index (χ2v) is 6.33. The number of hydrogen-bond acceptors (Lipinski definition) is 3. The Bertz CT molecular complexity index is 458. The minimum Gasteiger partial charge on any atom is -0.489 e. The first-order valence-electron chi connectivity index (χ1n) is 6.87. The molecule has 1 atom stereocenters. The van der Waals surface area contributed by atoms with Gasteiger partial charge in [-0.3, -0.25) is 0 Å². The zero-order chi connectivity index (χ0) is 14.0. The zero-order valence-corrected chi connectivity index (χ0v) is 13.4. The Morgan fingerprint density at radius 1 is 1.21 bits per heavy atom. The second kappa shape index (κ2) is 6.14. The van der Waals surface area contributed by atoms with E-state index in [1.165, 1.54) is 11.1 Å². The Morgan fingerprint density at radius 3 is 2.42 bits per heavy atom. The normalized spacial score (nSPS) is 16.3. The molecule has 0 bridgehead atoms. The molecule has 19 heavy (non-hydrogen) atoms. The summed E-state index contributed by atoms with van der Waals surface area (Å²) >= 11 is 3.59. The summed E-state index contributed by atoms with van der Waals surface area (Å²) in [6.07, 6.45) is 1.77. The Hall–Kier alpha value is -0.740. The van der Waals surface area contributed by atoms with Crippen molar-refractivity contribution < 1.29 is 9.47 Å². The molecule has 0 aliphatic carbocycles. The minimum atomic E-state index is 0.133. The third-order valence-electron chi connectivity index (χ3n) is 3.22. The van der Waals surface area contributed by atoms with Crippen LogP contribution in [-0.2, 0) is 6.42 Å². The van der Waals surface area contributed by atoms with Crippen molar-refractivity contribution in [2.45, 2.75) is 45.6 Å². The molecule has 0 aromatic heterocycles. The molecule has 106 valence electrons. The van der Waals surface area contributed by atoms with Crippen molar-refractivity contribution in [3.05, 3.63) is 21.7 Å². The molecule has 4 heteroatoms. The highest BCUT2D eigenvalue weighted by Crippen LogP contribution is 2.44. The van der Waals surface area contributed by atoms with Gasteiger partial charge in [0.15, 0.2) is 11.5 Å². The monoisotopic (exact) mass is 327 g/mol. The first-order valence-corrected chi connectivity index (χ1v) is 7.66. The molecule has 0 spiro atoms. The molecule has 1 unspecified atom stereocenters. The lowest BCUT2D eigenvalue weighted by molar-refractivity contribution is 0.295. The van der Waals surface area contributed by atoms with Gasteiger partial charge in [-0.25, -0.2) is 0 Å². The smallest absolute Gasteiger partial charge is 0.175 e. The molecule has 0 fully saturated rings. The summed E-state index contributed by atoms with van der Waals surface area (Å²) in [6, 6.07) is 2.26. The number of halogens is 1. The summed E-state index contributed by atoms with van der Waals surface area (Å²) in [5.74, 6) is 2.13. The van der Waals surface area contributed by atoms with E-state index in [0.717, 1.165) is 28.8 Å². The van der Waals surface area contributed by atoms with Crippen LogP contribution in [0.1, 0.15) is 44.2 Å². The summed E-state index contributed by atoms with van der Waals surface area (Å²) in [5, 5.41) is 0. The average Bonchev–Trinajstić information content (AvgIpc) is 2.53. The lowest BCUT2D eigenvalue weighted by Gasteiger charge is -2.21. The average molecular weight is 328 g/mol. The van der Waals surface area contributed by atoms with E-state index < -0.39 is 0 Å². The van der Waals surface area contributed by atoms with E-state index in [9.17, 15) is 0 Å². The van der Waals surface area contributed by atoms with Crippen LogP contribution < -0.4 is 15.2 Å². The third kappa shape index (κ3) is 3.23. The van der Waals surface area contributed by atoms with E-state index >= 15 is 0 Å². The van der Waals surface area contributed by atoms with Gasteiger partial charge in [-0.2, -0.15) is 0 Å². The molecule has 1 aromatic rings. The fraction of sp³-hybridized carbons (Fsp3) is 0.600. The van der Waals surface area contributed by atoms with E-state index in [1.54, 1.807) is 0 Å². The van der Waals surface area contributed by atoms with Crippen molar-refractivity contribution in [1.82, 2.24) is 0 Å². The number of ether oxygens (including phenoxy) is 2. The maximum Gasteiger partial charge on any atom is 0.175 e. The first kappa shape index (κ1) is 14.7. The summed E-state index contributed by atoms with van der Waals surface area (Å²) in [5.41, 5.74) is 8.45. The van der Waals surface area contributed by atoms with Crippen molar-refractivity contribution in [2.24, 2.45) is 5.73 Å². The molecule has 0 saturated heterocycles. The zero-order valence-electron chi connectivity index (χ0n) is 11.8. The quantitative estimate of drug-likeness (QED) is 0.922. The van der Waals surface area contributed by atoms with Crippen molar-refractivity contribution >= 4 is 15.9 Å². The van der Waals surface area contributed by atoms with Crippen LogP contribution in [0, 0.1) is 0 Å². The SMILES string of the molecule is CC(N)Cc1cc(Br)c2c(c1C(C)C)OCCCO2. The van der Waals surface area contributed by atoms with Crippen LogP contribution in [0.2, 0.25) is 0 Å². The van der Waals surface area contributed by atoms with Gasteiger partial charge in [-0.15, -0.1) is 0 Å². The van der Waals surface area contributed by atoms with Crippen molar-refractivity contribution in [1.29, 1.82) is 0 Å². The lowest BCUT2D eigenvalue weighted by Crippen LogP contribution is -2.19. The van der Waals surface area contributed by atoms with Crippen LogP contribution in [0.25, 0.3) is 0 Å². The summed E-state index contributed by atoms with van der Waals surface area (Å²) < 4.78 is 12.7. The molecular formula is C15H22BrNO2. The van der Waals surface area contributed by atoms with E-state index in [2.05, 4.69) is 35.8 Å². The van der Waals surface area contributed by atoms with Crippen LogP contribution in [-0.4, -0.2) is 19.3 Å². The van der Waals surface area contributed by atoms with Gasteiger partial charge in [-0.05, 0) is 46.8 Å². The highest BCUT2D eigenvalue weighted by Gasteiger charge is 2.23. The van der Waals surface area contributed by atoms with Gasteiger partial charge in [0.05, 0.1) is 17.7 Å². The van der Waals surface area contributed by atoms with Gasteiger partial charge in [0.1, 0.15) is 0 Å². The Kier molecular flexibility index (Phi) is 4.74. The van der Waals surface area contributed by atoms with Gasteiger partial charge in [0, 0.05) is 18.0 Å². The number of benzene rings is 1. The molecular weight excluding hydrogens is 306 g/mol. The molecule has 2 rings (SSSR count). The molecule has 1 aromatic carbocycles. The van der Waals surface area contributed by atoms with Crippen LogP contribution in [0.5, 0.6) is 11.5 Å². The third-order valence-corrected chi connectivity index (χ3v) is 3.80. The van der Waals surface area contributed by atoms with Crippen LogP contribution in [0.3, 0.4) is 0 Å². The molecule has 2 N–H and O–H groups in total. The van der Waals surface area contributed by atoms with Crippen LogP contribution in [0.4, 0.5) is 0 Å². The van der Waals surface area contributed by atoms with Gasteiger partial charge in [0.2, 0.25) is 0 Å². The van der Waals surface area contributed by atoms with Crippen LogP contribution >= 0.6 is 15.9 Å². The first-order chi connectivity index (χ1) is 9.00. The Morgan fingerprint density at radius 2 is 1.84 bits per heavy atom. The van der Waals surface area contributed by atoms with E-state index in [-0.39, 0.29) is 6.04 Å². The lowest BCUT2D eigenvalue weighted by atomic mass is 9.92. The van der Waals surface area contributed by atoms with Gasteiger partial charge < -0.3 is 15.2 Å². The number of hydrogen-bond donors (Lipinski definition) is 1. The highest BCUT2D eigenvalue weighted by molar-refractivity contribution is 9.10. The Labute approximate surface area is 123 Å². The van der Waals surface area contributed by atoms with E-state index in [1.807, 2.05) is 6.92 Å². The van der Waals surface area contributed by atoms with E-state index in [4.69, 9.17) is 15.2 Å². The minimum absolute atomic E-state index is 0.133.